The molecule has 1 N–H and O–H groups in total. The van der Waals surface area contributed by atoms with Crippen molar-refractivity contribution in [3.63, 3.8) is 0 Å². The number of hydrogen-bond donors (Lipinski definition) is 1. The van der Waals surface area contributed by atoms with Gasteiger partial charge in [0.2, 0.25) is 0 Å². The van der Waals surface area contributed by atoms with Crippen molar-refractivity contribution >= 4 is 11.1 Å². The molecule has 1 aliphatic rings. The lowest BCUT2D eigenvalue weighted by molar-refractivity contribution is 0.419. The van der Waals surface area contributed by atoms with E-state index in [1.54, 1.807) is 7.11 Å². The van der Waals surface area contributed by atoms with Gasteiger partial charge in [0, 0.05) is 6.54 Å². The Hall–Kier alpha value is -1.55. The summed E-state index contributed by atoms with van der Waals surface area (Å²) in [7, 11) is 1.66. The van der Waals surface area contributed by atoms with Gasteiger partial charge in [0.15, 0.2) is 17.0 Å². The van der Waals surface area contributed by atoms with Crippen LogP contribution in [0.2, 0.25) is 0 Å². The molecule has 0 aliphatic carbocycles. The Kier molecular flexibility index (Phi) is 2.52. The second-order valence-electron chi connectivity index (χ2n) is 4.60. The molecule has 1 aromatic heterocycles. The number of oxazole rings is 1. The summed E-state index contributed by atoms with van der Waals surface area (Å²) >= 11 is 0. The molecule has 4 heteroatoms. The van der Waals surface area contributed by atoms with Crippen LogP contribution < -0.4 is 10.1 Å². The average molecular weight is 232 g/mol. The average Bonchev–Trinajstić information content (AvgIpc) is 2.93. The molecule has 1 aliphatic heterocycles. The van der Waals surface area contributed by atoms with Crippen LogP contribution in [-0.2, 0) is 0 Å². The van der Waals surface area contributed by atoms with Crippen molar-refractivity contribution in [1.29, 1.82) is 0 Å². The lowest BCUT2D eigenvalue weighted by atomic mass is 9.98. The third kappa shape index (κ3) is 1.69. The zero-order valence-electron chi connectivity index (χ0n) is 10.1. The summed E-state index contributed by atoms with van der Waals surface area (Å²) in [5.74, 6) is 2.53. The van der Waals surface area contributed by atoms with Crippen molar-refractivity contribution in [3.05, 3.63) is 24.1 Å². The summed E-state index contributed by atoms with van der Waals surface area (Å²) < 4.78 is 11.1. The Labute approximate surface area is 100.0 Å². The number of hydrogen-bond acceptors (Lipinski definition) is 4. The first-order valence-corrected chi connectivity index (χ1v) is 5.93. The number of nitrogens with zero attached hydrogens (tertiary/aromatic N) is 1. The maximum Gasteiger partial charge on any atom is 0.200 e. The summed E-state index contributed by atoms with van der Waals surface area (Å²) in [6.07, 6.45) is 0. The van der Waals surface area contributed by atoms with Crippen LogP contribution in [0.5, 0.6) is 5.75 Å². The number of rotatable bonds is 2. The number of ether oxygens (including phenoxy) is 1. The van der Waals surface area contributed by atoms with Crippen molar-refractivity contribution < 1.29 is 9.15 Å². The van der Waals surface area contributed by atoms with E-state index >= 15 is 0 Å². The zero-order valence-corrected chi connectivity index (χ0v) is 10.1. The minimum Gasteiger partial charge on any atom is -0.494 e. The van der Waals surface area contributed by atoms with E-state index in [1.165, 1.54) is 0 Å². The van der Waals surface area contributed by atoms with Crippen molar-refractivity contribution in [3.8, 4) is 5.75 Å². The van der Waals surface area contributed by atoms with Crippen LogP contribution in [0.3, 0.4) is 0 Å². The fraction of sp³-hybridized carbons (Fsp3) is 0.462. The number of methoxy groups -OCH3 is 1. The van der Waals surface area contributed by atoms with E-state index in [9.17, 15) is 0 Å². The van der Waals surface area contributed by atoms with Gasteiger partial charge < -0.3 is 14.5 Å². The van der Waals surface area contributed by atoms with Gasteiger partial charge in [-0.1, -0.05) is 13.0 Å². The van der Waals surface area contributed by atoms with Crippen LogP contribution in [0.1, 0.15) is 18.7 Å². The summed E-state index contributed by atoms with van der Waals surface area (Å²) in [5.41, 5.74) is 1.63. The number of nitrogens with one attached hydrogen (secondary N) is 1. The summed E-state index contributed by atoms with van der Waals surface area (Å²) in [5, 5.41) is 3.36. The number of para-hydroxylation sites is 1. The molecule has 0 unspecified atom stereocenters. The number of aromatic nitrogens is 1. The zero-order chi connectivity index (χ0) is 11.8. The Morgan fingerprint density at radius 3 is 3.00 bits per heavy atom. The highest BCUT2D eigenvalue weighted by molar-refractivity contribution is 5.79. The van der Waals surface area contributed by atoms with Gasteiger partial charge >= 0.3 is 0 Å². The fourth-order valence-electron chi connectivity index (χ4n) is 2.40. The molecular weight excluding hydrogens is 216 g/mol. The predicted octanol–water partition coefficient (Wildman–Crippen LogP) is 2.16. The van der Waals surface area contributed by atoms with Gasteiger partial charge in [-0.2, -0.15) is 0 Å². The quantitative estimate of drug-likeness (QED) is 0.862. The van der Waals surface area contributed by atoms with Gasteiger partial charge in [-0.3, -0.25) is 0 Å². The lowest BCUT2D eigenvalue weighted by Gasteiger charge is -2.08. The van der Waals surface area contributed by atoms with Crippen LogP contribution in [0.15, 0.2) is 22.6 Å². The molecule has 0 radical (unpaired) electrons. The topological polar surface area (TPSA) is 47.3 Å². The minimum absolute atomic E-state index is 0.368. The smallest absolute Gasteiger partial charge is 0.200 e. The SMILES string of the molecule is COc1cccc2oc([C@@H]3CNC[C@H]3C)nc12. The monoisotopic (exact) mass is 232 g/mol. The van der Waals surface area contributed by atoms with Gasteiger partial charge in [-0.25, -0.2) is 4.98 Å². The molecule has 0 amide bonds. The molecule has 1 aromatic carbocycles. The molecule has 3 rings (SSSR count). The second kappa shape index (κ2) is 4.04. The van der Waals surface area contributed by atoms with Crippen LogP contribution in [0.4, 0.5) is 0 Å². The van der Waals surface area contributed by atoms with Crippen molar-refractivity contribution in [2.45, 2.75) is 12.8 Å². The van der Waals surface area contributed by atoms with Crippen LogP contribution in [0, 0.1) is 5.92 Å². The fourth-order valence-corrected chi connectivity index (χ4v) is 2.40. The van der Waals surface area contributed by atoms with E-state index in [0.717, 1.165) is 35.8 Å². The molecular formula is C13H16N2O2. The number of fused-ring (bicyclic) bond motifs is 1. The molecule has 17 heavy (non-hydrogen) atoms. The van der Waals surface area contributed by atoms with E-state index in [0.29, 0.717) is 11.8 Å². The molecule has 2 heterocycles. The summed E-state index contributed by atoms with van der Waals surface area (Å²) in [6, 6.07) is 5.76. The number of benzene rings is 1. The Bertz CT molecular complexity index is 535. The third-order valence-corrected chi connectivity index (χ3v) is 3.45. The molecule has 0 spiro atoms. The Morgan fingerprint density at radius 2 is 2.29 bits per heavy atom. The first kappa shape index (κ1) is 10.6. The molecule has 1 fully saturated rings. The minimum atomic E-state index is 0.368. The molecule has 0 bridgehead atoms. The highest BCUT2D eigenvalue weighted by Crippen LogP contribution is 2.32. The van der Waals surface area contributed by atoms with Crippen molar-refractivity contribution in [1.82, 2.24) is 10.3 Å². The molecule has 0 saturated carbocycles. The van der Waals surface area contributed by atoms with E-state index in [-0.39, 0.29) is 0 Å². The first-order chi connectivity index (χ1) is 8.29. The van der Waals surface area contributed by atoms with Gasteiger partial charge in [0.25, 0.3) is 0 Å². The van der Waals surface area contributed by atoms with E-state index in [2.05, 4.69) is 17.2 Å². The van der Waals surface area contributed by atoms with Crippen molar-refractivity contribution in [2.75, 3.05) is 20.2 Å². The van der Waals surface area contributed by atoms with Crippen LogP contribution >= 0.6 is 0 Å². The van der Waals surface area contributed by atoms with E-state index < -0.39 is 0 Å². The van der Waals surface area contributed by atoms with Crippen LogP contribution in [0.25, 0.3) is 11.1 Å². The molecule has 2 atom stereocenters. The van der Waals surface area contributed by atoms with Crippen LogP contribution in [-0.4, -0.2) is 25.2 Å². The summed E-state index contributed by atoms with van der Waals surface area (Å²) in [4.78, 5) is 4.58. The standard InChI is InChI=1S/C13H16N2O2/c1-8-6-14-7-9(8)13-15-12-10(16-2)4-3-5-11(12)17-13/h3-5,8-9,14H,6-7H2,1-2H3/t8-,9-/m1/s1. The molecule has 90 valence electrons. The first-order valence-electron chi connectivity index (χ1n) is 5.93. The largest absolute Gasteiger partial charge is 0.494 e. The third-order valence-electron chi connectivity index (χ3n) is 3.45. The molecule has 1 saturated heterocycles. The van der Waals surface area contributed by atoms with Gasteiger partial charge in [-0.05, 0) is 24.6 Å². The lowest BCUT2D eigenvalue weighted by Crippen LogP contribution is -2.08. The Balaban J connectivity index is 2.07. The molecule has 2 aromatic rings. The maximum atomic E-state index is 5.83. The highest BCUT2D eigenvalue weighted by atomic mass is 16.5. The summed E-state index contributed by atoms with van der Waals surface area (Å²) in [6.45, 7) is 4.19. The van der Waals surface area contributed by atoms with Gasteiger partial charge in [0.05, 0.1) is 13.0 Å². The predicted molar refractivity (Wildman–Crippen MR) is 65.3 cm³/mol. The Morgan fingerprint density at radius 1 is 1.41 bits per heavy atom. The van der Waals surface area contributed by atoms with E-state index in [4.69, 9.17) is 9.15 Å². The van der Waals surface area contributed by atoms with Gasteiger partial charge in [0.1, 0.15) is 5.75 Å². The van der Waals surface area contributed by atoms with Gasteiger partial charge in [-0.15, -0.1) is 0 Å². The van der Waals surface area contributed by atoms with E-state index in [1.807, 2.05) is 18.2 Å². The van der Waals surface area contributed by atoms with Crippen molar-refractivity contribution in [2.24, 2.45) is 5.92 Å². The molecule has 4 nitrogen and oxygen atoms in total. The highest BCUT2D eigenvalue weighted by Gasteiger charge is 2.29. The maximum absolute atomic E-state index is 5.83. The normalized spacial score (nSPS) is 24.4. The second-order valence-corrected chi connectivity index (χ2v) is 4.60.